The summed E-state index contributed by atoms with van der Waals surface area (Å²) in [4.78, 5) is 17.6. The molecule has 0 heterocycles. The van der Waals surface area contributed by atoms with Gasteiger partial charge < -0.3 is 9.94 Å². The summed E-state index contributed by atoms with van der Waals surface area (Å²) in [5.74, 6) is 1.52. The monoisotopic (exact) mass is 327 g/mol. The van der Waals surface area contributed by atoms with Crippen molar-refractivity contribution in [2.45, 2.75) is 65.0 Å². The van der Waals surface area contributed by atoms with Gasteiger partial charge in [-0.2, -0.15) is 11.8 Å². The Bertz CT molecular complexity index is 432. The SMILES string of the molecule is CCCC(=NOCC)C1=C(O)C[C@@H](C[C@H](C)SCC)CC1=O. The van der Waals surface area contributed by atoms with Crippen LogP contribution in [0, 0.1) is 5.92 Å². The van der Waals surface area contributed by atoms with Crippen LogP contribution in [0.3, 0.4) is 0 Å². The number of rotatable bonds is 9. The summed E-state index contributed by atoms with van der Waals surface area (Å²) in [6, 6.07) is 0. The number of ketones is 1. The lowest BCUT2D eigenvalue weighted by Crippen LogP contribution is -2.26. The lowest BCUT2D eigenvalue weighted by molar-refractivity contribution is -0.116. The van der Waals surface area contributed by atoms with Gasteiger partial charge in [0.2, 0.25) is 0 Å². The zero-order chi connectivity index (χ0) is 16.5. The average molecular weight is 327 g/mol. The molecule has 0 unspecified atom stereocenters. The van der Waals surface area contributed by atoms with E-state index in [9.17, 15) is 9.90 Å². The molecule has 1 aliphatic rings. The van der Waals surface area contributed by atoms with Gasteiger partial charge >= 0.3 is 0 Å². The van der Waals surface area contributed by atoms with Crippen molar-refractivity contribution in [2.24, 2.45) is 11.1 Å². The molecule has 0 fully saturated rings. The zero-order valence-corrected chi connectivity index (χ0v) is 15.0. The first-order valence-corrected chi connectivity index (χ1v) is 9.34. The molecule has 0 aromatic rings. The maximum Gasteiger partial charge on any atom is 0.168 e. The Balaban J connectivity index is 2.85. The molecule has 1 rings (SSSR count). The first-order chi connectivity index (χ1) is 10.5. The van der Waals surface area contributed by atoms with Crippen LogP contribution in [0.2, 0.25) is 0 Å². The highest BCUT2D eigenvalue weighted by molar-refractivity contribution is 7.99. The van der Waals surface area contributed by atoms with E-state index in [0.29, 0.717) is 42.4 Å². The fourth-order valence-corrected chi connectivity index (χ4v) is 3.86. The summed E-state index contributed by atoms with van der Waals surface area (Å²) in [7, 11) is 0. The van der Waals surface area contributed by atoms with Gasteiger partial charge in [-0.1, -0.05) is 32.3 Å². The Morgan fingerprint density at radius 1 is 1.41 bits per heavy atom. The van der Waals surface area contributed by atoms with E-state index in [0.717, 1.165) is 18.6 Å². The van der Waals surface area contributed by atoms with Crippen LogP contribution in [0.4, 0.5) is 0 Å². The molecular weight excluding hydrogens is 298 g/mol. The molecular formula is C17H29NO3S. The van der Waals surface area contributed by atoms with Gasteiger partial charge in [0.1, 0.15) is 12.4 Å². The predicted molar refractivity (Wildman–Crippen MR) is 93.6 cm³/mol. The highest BCUT2D eigenvalue weighted by atomic mass is 32.2. The Kier molecular flexibility index (Phi) is 8.61. The number of oxime groups is 1. The molecule has 0 saturated heterocycles. The number of allylic oxidation sites excluding steroid dienone is 2. The Hall–Kier alpha value is -0.970. The van der Waals surface area contributed by atoms with Gasteiger partial charge in [-0.25, -0.2) is 0 Å². The van der Waals surface area contributed by atoms with E-state index in [1.807, 2.05) is 25.6 Å². The van der Waals surface area contributed by atoms with Gasteiger partial charge in [-0.05, 0) is 31.4 Å². The van der Waals surface area contributed by atoms with Gasteiger partial charge in [0.05, 0.1) is 11.3 Å². The zero-order valence-electron chi connectivity index (χ0n) is 14.2. The van der Waals surface area contributed by atoms with Crippen molar-refractivity contribution in [3.05, 3.63) is 11.3 Å². The van der Waals surface area contributed by atoms with E-state index in [1.165, 1.54) is 0 Å². The highest BCUT2D eigenvalue weighted by Crippen LogP contribution is 2.32. The summed E-state index contributed by atoms with van der Waals surface area (Å²) in [5.41, 5.74) is 1.00. The normalized spacial score (nSPS) is 21.2. The second-order valence-corrected chi connectivity index (χ2v) is 7.44. The minimum absolute atomic E-state index is 0.00866. The molecule has 1 aliphatic carbocycles. The van der Waals surface area contributed by atoms with Crippen molar-refractivity contribution < 1.29 is 14.7 Å². The number of hydrogen-bond donors (Lipinski definition) is 1. The number of Topliss-reactive ketones (excluding diaryl/α,β-unsaturated/α-hetero) is 1. The standard InChI is InChI=1S/C17H29NO3S/c1-5-8-14(18-21-6-2)17-15(19)10-13(11-16(17)20)9-12(4)22-7-3/h12-13,19H,5-11H2,1-4H3/t12-,13+/m0/s1. The van der Waals surface area contributed by atoms with Crippen LogP contribution in [0.25, 0.3) is 0 Å². The van der Waals surface area contributed by atoms with Gasteiger partial charge in [0.25, 0.3) is 0 Å². The van der Waals surface area contributed by atoms with Gasteiger partial charge in [0, 0.05) is 18.1 Å². The summed E-state index contributed by atoms with van der Waals surface area (Å²) >= 11 is 1.90. The second kappa shape index (κ2) is 9.93. The molecule has 2 atom stereocenters. The van der Waals surface area contributed by atoms with E-state index >= 15 is 0 Å². The van der Waals surface area contributed by atoms with Crippen molar-refractivity contribution in [1.29, 1.82) is 0 Å². The number of carbonyl (C=O) groups excluding carboxylic acids is 1. The number of nitrogens with zero attached hydrogens (tertiary/aromatic N) is 1. The summed E-state index contributed by atoms with van der Waals surface area (Å²) in [5, 5.41) is 14.9. The Morgan fingerprint density at radius 3 is 2.68 bits per heavy atom. The number of aliphatic hydroxyl groups excluding tert-OH is 1. The number of aliphatic hydroxyl groups is 1. The van der Waals surface area contributed by atoms with Crippen molar-refractivity contribution in [1.82, 2.24) is 0 Å². The molecule has 5 heteroatoms. The van der Waals surface area contributed by atoms with E-state index in [2.05, 4.69) is 19.0 Å². The number of hydrogen-bond acceptors (Lipinski definition) is 5. The molecule has 0 amide bonds. The maximum atomic E-state index is 12.5. The second-order valence-electron chi connectivity index (χ2n) is 5.73. The van der Waals surface area contributed by atoms with E-state index in [-0.39, 0.29) is 17.5 Å². The van der Waals surface area contributed by atoms with Gasteiger partial charge in [-0.3, -0.25) is 4.79 Å². The van der Waals surface area contributed by atoms with E-state index < -0.39 is 0 Å². The topological polar surface area (TPSA) is 58.9 Å². The first kappa shape index (κ1) is 19.1. The van der Waals surface area contributed by atoms with Crippen LogP contribution in [-0.4, -0.2) is 34.2 Å². The van der Waals surface area contributed by atoms with Crippen LogP contribution in [0.15, 0.2) is 16.5 Å². The minimum Gasteiger partial charge on any atom is -0.511 e. The molecule has 1 N–H and O–H groups in total. The molecule has 0 aromatic carbocycles. The fraction of sp³-hybridized carbons (Fsp3) is 0.765. The minimum atomic E-state index is 0.00866. The average Bonchev–Trinajstić information content (AvgIpc) is 2.44. The quantitative estimate of drug-likeness (QED) is 0.500. The lowest BCUT2D eigenvalue weighted by atomic mass is 9.82. The first-order valence-electron chi connectivity index (χ1n) is 8.29. The maximum absolute atomic E-state index is 12.5. The Labute approximate surface area is 138 Å². The molecule has 22 heavy (non-hydrogen) atoms. The largest absolute Gasteiger partial charge is 0.511 e. The van der Waals surface area contributed by atoms with E-state index in [1.54, 1.807) is 0 Å². The highest BCUT2D eigenvalue weighted by Gasteiger charge is 2.31. The third-order valence-corrected chi connectivity index (χ3v) is 4.81. The van der Waals surface area contributed by atoms with Gasteiger partial charge in [0.15, 0.2) is 5.78 Å². The number of thioether (sulfide) groups is 1. The molecule has 0 aromatic heterocycles. The molecule has 0 spiro atoms. The van der Waals surface area contributed by atoms with Crippen LogP contribution in [0.1, 0.15) is 59.8 Å². The summed E-state index contributed by atoms with van der Waals surface area (Å²) in [6.45, 7) is 8.67. The third-order valence-electron chi connectivity index (χ3n) is 3.72. The van der Waals surface area contributed by atoms with Crippen molar-refractivity contribution in [2.75, 3.05) is 12.4 Å². The molecule has 0 bridgehead atoms. The summed E-state index contributed by atoms with van der Waals surface area (Å²) in [6.07, 6.45) is 3.56. The van der Waals surface area contributed by atoms with Crippen LogP contribution in [0.5, 0.6) is 0 Å². The smallest absolute Gasteiger partial charge is 0.168 e. The molecule has 126 valence electrons. The third kappa shape index (κ3) is 5.67. The van der Waals surface area contributed by atoms with Crippen molar-refractivity contribution in [3.8, 4) is 0 Å². The van der Waals surface area contributed by atoms with Gasteiger partial charge in [-0.15, -0.1) is 0 Å². The molecule has 4 nitrogen and oxygen atoms in total. The summed E-state index contributed by atoms with van der Waals surface area (Å²) < 4.78 is 0. The molecule has 0 saturated carbocycles. The van der Waals surface area contributed by atoms with E-state index in [4.69, 9.17) is 4.84 Å². The predicted octanol–water partition coefficient (Wildman–Crippen LogP) is 4.50. The van der Waals surface area contributed by atoms with Crippen molar-refractivity contribution >= 4 is 23.3 Å². The molecule has 0 aliphatic heterocycles. The van der Waals surface area contributed by atoms with Crippen molar-refractivity contribution in [3.63, 3.8) is 0 Å². The molecule has 0 radical (unpaired) electrons. The van der Waals surface area contributed by atoms with Crippen LogP contribution in [-0.2, 0) is 9.63 Å². The van der Waals surface area contributed by atoms with Crippen LogP contribution >= 0.6 is 11.8 Å². The lowest BCUT2D eigenvalue weighted by Gasteiger charge is -2.25. The van der Waals surface area contributed by atoms with Crippen LogP contribution < -0.4 is 0 Å². The Morgan fingerprint density at radius 2 is 2.14 bits per heavy atom. The number of carbonyl (C=O) groups is 1. The fourth-order valence-electron chi connectivity index (χ4n) is 2.88.